The average Bonchev–Trinajstić information content (AvgIpc) is 3.13. The maximum absolute atomic E-state index is 14.2. The molecule has 4 rings (SSSR count). The molecule has 0 fully saturated rings. The fourth-order valence-electron chi connectivity index (χ4n) is 3.84. The molecular formula is C24H16Br2ClF3N2O4S. The predicted octanol–water partition coefficient (Wildman–Crippen LogP) is 5.53. The summed E-state index contributed by atoms with van der Waals surface area (Å²) in [5, 5.41) is 0.334. The summed E-state index contributed by atoms with van der Waals surface area (Å²) in [5.74, 6) is -0.795. The number of rotatable bonds is 5. The summed E-state index contributed by atoms with van der Waals surface area (Å²) in [5.41, 5.74) is -2.10. The number of hydrogen-bond donors (Lipinski definition) is 0. The van der Waals surface area contributed by atoms with E-state index in [1.54, 1.807) is 12.1 Å². The van der Waals surface area contributed by atoms with Crippen molar-refractivity contribution in [3.05, 3.63) is 92.5 Å². The predicted molar refractivity (Wildman–Crippen MR) is 141 cm³/mol. The van der Waals surface area contributed by atoms with Crippen LogP contribution in [0.25, 0.3) is 6.08 Å². The highest BCUT2D eigenvalue weighted by molar-refractivity contribution is 9.11. The number of esters is 1. The number of carbonyl (C=O) groups is 1. The molecule has 0 amide bonds. The van der Waals surface area contributed by atoms with Gasteiger partial charge in [0, 0.05) is 15.1 Å². The molecule has 37 heavy (non-hydrogen) atoms. The van der Waals surface area contributed by atoms with Crippen LogP contribution in [0.2, 0.25) is 5.02 Å². The number of carbonyl (C=O) groups excluding carboxylic acids is 1. The second-order valence-corrected chi connectivity index (χ2v) is 10.8. The number of nitrogens with zero attached hydrogens (tertiary/aromatic N) is 2. The smallest absolute Gasteiger partial charge is 0.434 e. The van der Waals surface area contributed by atoms with Crippen molar-refractivity contribution in [2.45, 2.75) is 19.1 Å². The van der Waals surface area contributed by atoms with E-state index in [0.717, 1.165) is 15.9 Å². The van der Waals surface area contributed by atoms with Crippen LogP contribution in [0.4, 0.5) is 13.2 Å². The van der Waals surface area contributed by atoms with E-state index in [9.17, 15) is 22.8 Å². The van der Waals surface area contributed by atoms with E-state index in [2.05, 4.69) is 36.9 Å². The molecule has 1 aromatic heterocycles. The Morgan fingerprint density at radius 2 is 1.92 bits per heavy atom. The van der Waals surface area contributed by atoms with Crippen molar-refractivity contribution >= 4 is 66.8 Å². The summed E-state index contributed by atoms with van der Waals surface area (Å²) in [4.78, 5) is 30.0. The number of hydrogen-bond acceptors (Lipinski definition) is 6. The van der Waals surface area contributed by atoms with Crippen LogP contribution in [0.5, 0.6) is 5.75 Å². The first-order chi connectivity index (χ1) is 17.5. The Hall–Kier alpha value is -2.41. The topological polar surface area (TPSA) is 69.9 Å². The third-order valence-electron chi connectivity index (χ3n) is 5.31. The fourth-order valence-corrected chi connectivity index (χ4v) is 6.38. The highest BCUT2D eigenvalue weighted by atomic mass is 79.9. The number of alkyl halides is 3. The van der Waals surface area contributed by atoms with Gasteiger partial charge in [-0.25, -0.2) is 9.79 Å². The van der Waals surface area contributed by atoms with Gasteiger partial charge < -0.3 is 9.47 Å². The van der Waals surface area contributed by atoms with Gasteiger partial charge in [-0.1, -0.05) is 51.0 Å². The summed E-state index contributed by atoms with van der Waals surface area (Å²) in [6.45, 7) is 1.31. The molecule has 13 heteroatoms. The highest BCUT2D eigenvalue weighted by Gasteiger charge is 2.45. The van der Waals surface area contributed by atoms with Crippen LogP contribution in [0, 0.1) is 0 Å². The zero-order chi connectivity index (χ0) is 27.1. The third-order valence-corrected chi connectivity index (χ3v) is 7.59. The molecule has 194 valence electrons. The van der Waals surface area contributed by atoms with E-state index in [0.29, 0.717) is 25.3 Å². The Kier molecular flexibility index (Phi) is 8.03. The van der Waals surface area contributed by atoms with Crippen LogP contribution in [-0.4, -0.2) is 30.4 Å². The Balaban J connectivity index is 2.07. The van der Waals surface area contributed by atoms with Crippen LogP contribution in [0.15, 0.2) is 66.4 Å². The van der Waals surface area contributed by atoms with Crippen LogP contribution in [0.3, 0.4) is 0 Å². The van der Waals surface area contributed by atoms with Gasteiger partial charge in [-0.15, -0.1) is 0 Å². The zero-order valence-electron chi connectivity index (χ0n) is 19.0. The number of aromatic nitrogens is 1. The molecule has 0 saturated carbocycles. The summed E-state index contributed by atoms with van der Waals surface area (Å²) >= 11 is 13.5. The maximum Gasteiger partial charge on any atom is 0.434 e. The lowest BCUT2D eigenvalue weighted by atomic mass is 9.95. The van der Waals surface area contributed by atoms with Crippen molar-refractivity contribution < 1.29 is 27.4 Å². The summed E-state index contributed by atoms with van der Waals surface area (Å²) < 4.78 is 55.4. The van der Waals surface area contributed by atoms with Gasteiger partial charge in [0.2, 0.25) is 0 Å². The second kappa shape index (κ2) is 10.8. The molecule has 1 atom stereocenters. The highest BCUT2D eigenvalue weighted by Crippen LogP contribution is 2.38. The zero-order valence-corrected chi connectivity index (χ0v) is 23.8. The quantitative estimate of drug-likeness (QED) is 0.333. The number of methoxy groups -OCH3 is 1. The van der Waals surface area contributed by atoms with E-state index in [4.69, 9.17) is 21.1 Å². The Labute approximate surface area is 233 Å². The average molecular weight is 681 g/mol. The van der Waals surface area contributed by atoms with Crippen molar-refractivity contribution in [1.29, 1.82) is 0 Å². The molecule has 0 unspecified atom stereocenters. The van der Waals surface area contributed by atoms with Gasteiger partial charge in [-0.05, 0) is 58.8 Å². The van der Waals surface area contributed by atoms with Gasteiger partial charge in [0.05, 0.1) is 34.3 Å². The number of thiazole rings is 1. The molecule has 0 saturated heterocycles. The first-order valence-electron chi connectivity index (χ1n) is 10.5. The van der Waals surface area contributed by atoms with Gasteiger partial charge in [0.25, 0.3) is 5.56 Å². The van der Waals surface area contributed by atoms with Crippen LogP contribution < -0.4 is 19.6 Å². The fraction of sp³-hybridized carbons (Fsp3) is 0.208. The molecule has 0 aliphatic carbocycles. The normalized spacial score (nSPS) is 15.9. The first-order valence-corrected chi connectivity index (χ1v) is 13.3. The van der Waals surface area contributed by atoms with Gasteiger partial charge >= 0.3 is 12.1 Å². The molecule has 0 spiro atoms. The van der Waals surface area contributed by atoms with Gasteiger partial charge in [-0.3, -0.25) is 9.36 Å². The Morgan fingerprint density at radius 1 is 1.24 bits per heavy atom. The minimum atomic E-state index is -4.99. The van der Waals surface area contributed by atoms with Gasteiger partial charge in [-0.2, -0.15) is 13.2 Å². The summed E-state index contributed by atoms with van der Waals surface area (Å²) in [6, 6.07) is 7.85. The third kappa shape index (κ3) is 5.43. The van der Waals surface area contributed by atoms with Crippen molar-refractivity contribution in [1.82, 2.24) is 4.57 Å². The molecule has 0 N–H and O–H groups in total. The van der Waals surface area contributed by atoms with Gasteiger partial charge in [0.1, 0.15) is 5.75 Å². The Morgan fingerprint density at radius 3 is 2.51 bits per heavy atom. The van der Waals surface area contributed by atoms with Crippen LogP contribution >= 0.6 is 54.8 Å². The minimum absolute atomic E-state index is 0.0904. The molecule has 6 nitrogen and oxygen atoms in total. The summed E-state index contributed by atoms with van der Waals surface area (Å²) in [7, 11) is 1.45. The van der Waals surface area contributed by atoms with E-state index in [1.807, 2.05) is 0 Å². The number of benzene rings is 2. The lowest BCUT2D eigenvalue weighted by molar-refractivity contribution is -0.140. The molecule has 0 bridgehead atoms. The molecule has 3 aromatic rings. The molecule has 1 aliphatic heterocycles. The van der Waals surface area contributed by atoms with Crippen LogP contribution in [-0.2, 0) is 9.53 Å². The minimum Gasteiger partial charge on any atom is -0.495 e. The van der Waals surface area contributed by atoms with E-state index < -0.39 is 35.0 Å². The number of halogens is 6. The van der Waals surface area contributed by atoms with Gasteiger partial charge in [0.15, 0.2) is 10.5 Å². The molecular weight excluding hydrogens is 665 g/mol. The maximum atomic E-state index is 14.2. The lowest BCUT2D eigenvalue weighted by Crippen LogP contribution is -2.41. The van der Waals surface area contributed by atoms with Crippen molar-refractivity contribution in [2.24, 2.45) is 4.99 Å². The van der Waals surface area contributed by atoms with Crippen molar-refractivity contribution in [3.8, 4) is 5.75 Å². The monoisotopic (exact) mass is 678 g/mol. The second-order valence-electron chi connectivity index (χ2n) is 7.62. The van der Waals surface area contributed by atoms with E-state index >= 15 is 0 Å². The first kappa shape index (κ1) is 27.6. The van der Waals surface area contributed by atoms with E-state index in [1.165, 1.54) is 44.4 Å². The van der Waals surface area contributed by atoms with E-state index in [-0.39, 0.29) is 21.5 Å². The molecule has 1 aliphatic rings. The number of ether oxygens (including phenoxy) is 2. The standard InChI is InChI=1S/C24H16Br2ClF3N2O4S/c1-3-36-22(34)17-18(11-4-6-14(27)7-5-11)32-21(33)16(37-23(32)31-20(17)24(28,29)30)9-12-8-13(25)10-15(26)19(12)35-2/h4-10,18H,3H2,1-2H3/b16-9-/t18-/m1/s1. The SMILES string of the molecule is CCOC(=O)C1=C(C(F)(F)F)N=c2s/c(=C\c3cc(Br)cc(Br)c3OC)c(=O)n2[C@@H]1c1ccc(Cl)cc1. The van der Waals surface area contributed by atoms with Crippen LogP contribution in [0.1, 0.15) is 24.1 Å². The molecule has 2 heterocycles. The number of allylic oxidation sites excluding steroid dienone is 1. The summed E-state index contributed by atoms with van der Waals surface area (Å²) in [6.07, 6.45) is -3.49. The largest absolute Gasteiger partial charge is 0.495 e. The lowest BCUT2D eigenvalue weighted by Gasteiger charge is -2.26. The van der Waals surface area contributed by atoms with Crippen molar-refractivity contribution in [2.75, 3.05) is 13.7 Å². The Bertz CT molecular complexity index is 1600. The number of fused-ring (bicyclic) bond motifs is 1. The molecule has 0 radical (unpaired) electrons. The van der Waals surface area contributed by atoms with Crippen molar-refractivity contribution in [3.63, 3.8) is 0 Å². The molecule has 2 aromatic carbocycles.